The Labute approximate surface area is 159 Å². The molecule has 3 aromatic rings. The molecule has 2 fully saturated rings. The number of hydrogen-bond donors (Lipinski definition) is 1. The van der Waals surface area contributed by atoms with E-state index >= 15 is 0 Å². The summed E-state index contributed by atoms with van der Waals surface area (Å²) in [6.45, 7) is 5.26. The van der Waals surface area contributed by atoms with Crippen LogP contribution in [0.3, 0.4) is 0 Å². The van der Waals surface area contributed by atoms with Crippen LogP contribution in [0.5, 0.6) is 0 Å². The Morgan fingerprint density at radius 3 is 2.85 bits per heavy atom. The van der Waals surface area contributed by atoms with E-state index in [4.69, 9.17) is 4.74 Å². The van der Waals surface area contributed by atoms with E-state index in [1.54, 1.807) is 6.33 Å². The third-order valence-electron chi connectivity index (χ3n) is 6.42. The number of nitrogens with one attached hydrogen (secondary N) is 1. The maximum absolute atomic E-state index is 5.44. The lowest BCUT2D eigenvalue weighted by Crippen LogP contribution is -2.37. The second-order valence-electron chi connectivity index (χ2n) is 8.07. The summed E-state index contributed by atoms with van der Waals surface area (Å²) in [6.07, 6.45) is 11.5. The largest absolute Gasteiger partial charge is 0.379 e. The van der Waals surface area contributed by atoms with Gasteiger partial charge in [0.05, 0.1) is 18.9 Å². The first kappa shape index (κ1) is 17.1. The fraction of sp³-hybridized carbons (Fsp3) is 0.650. The summed E-state index contributed by atoms with van der Waals surface area (Å²) in [5.41, 5.74) is 3.22. The summed E-state index contributed by atoms with van der Waals surface area (Å²) < 4.78 is 7.27. The van der Waals surface area contributed by atoms with Crippen molar-refractivity contribution in [2.45, 2.75) is 44.4 Å². The van der Waals surface area contributed by atoms with Gasteiger partial charge in [-0.2, -0.15) is 0 Å². The highest BCUT2D eigenvalue weighted by molar-refractivity contribution is 5.92. The maximum Gasteiger partial charge on any atom is 0.141 e. The Bertz CT molecular complexity index is 888. The topological polar surface area (TPSA) is 71.3 Å². The highest BCUT2D eigenvalue weighted by Gasteiger charge is 2.26. The maximum atomic E-state index is 5.44. The van der Waals surface area contributed by atoms with Gasteiger partial charge in [-0.3, -0.25) is 4.90 Å². The van der Waals surface area contributed by atoms with Gasteiger partial charge in [-0.05, 0) is 57.1 Å². The lowest BCUT2D eigenvalue weighted by molar-refractivity contribution is 0.0364. The van der Waals surface area contributed by atoms with Crippen LogP contribution in [0, 0.1) is 5.92 Å². The van der Waals surface area contributed by atoms with E-state index < -0.39 is 0 Å². The fourth-order valence-corrected chi connectivity index (χ4v) is 4.85. The first-order chi connectivity index (χ1) is 13.4. The van der Waals surface area contributed by atoms with Gasteiger partial charge in [0, 0.05) is 30.6 Å². The first-order valence-electron chi connectivity index (χ1n) is 10.4. The molecule has 0 bridgehead atoms. The van der Waals surface area contributed by atoms with Crippen LogP contribution >= 0.6 is 0 Å². The van der Waals surface area contributed by atoms with Gasteiger partial charge in [0.2, 0.25) is 0 Å². The lowest BCUT2D eigenvalue weighted by Gasteiger charge is -2.29. The summed E-state index contributed by atoms with van der Waals surface area (Å²) in [5, 5.41) is 9.99. The van der Waals surface area contributed by atoms with Crippen LogP contribution in [-0.4, -0.2) is 62.5 Å². The Kier molecular flexibility index (Phi) is 4.80. The number of hydrogen-bond acceptors (Lipinski definition) is 5. The van der Waals surface area contributed by atoms with Crippen LogP contribution in [0.25, 0.3) is 16.6 Å². The molecule has 0 amide bonds. The minimum Gasteiger partial charge on any atom is -0.379 e. The molecular formula is C20H28N6O. The summed E-state index contributed by atoms with van der Waals surface area (Å²) in [4.78, 5) is 10.2. The average molecular weight is 368 g/mol. The molecular weight excluding hydrogens is 340 g/mol. The van der Waals surface area contributed by atoms with E-state index in [0.717, 1.165) is 54.5 Å². The molecule has 2 aliphatic rings. The van der Waals surface area contributed by atoms with Crippen molar-refractivity contribution in [3.8, 4) is 0 Å². The molecule has 4 heterocycles. The van der Waals surface area contributed by atoms with Crippen LogP contribution in [0.15, 0.2) is 18.6 Å². The van der Waals surface area contributed by atoms with Crippen LogP contribution in [0.1, 0.15) is 50.1 Å². The highest BCUT2D eigenvalue weighted by atomic mass is 16.5. The van der Waals surface area contributed by atoms with Crippen molar-refractivity contribution in [2.24, 2.45) is 5.92 Å². The zero-order chi connectivity index (χ0) is 18.1. The summed E-state index contributed by atoms with van der Waals surface area (Å²) >= 11 is 0. The van der Waals surface area contributed by atoms with Crippen LogP contribution in [0.2, 0.25) is 0 Å². The molecule has 7 heteroatoms. The van der Waals surface area contributed by atoms with Crippen molar-refractivity contribution >= 4 is 16.6 Å². The summed E-state index contributed by atoms with van der Waals surface area (Å²) in [7, 11) is 0. The predicted molar refractivity (Wildman–Crippen MR) is 104 cm³/mol. The SMILES string of the molecule is c1cc2c(ncn3nnc(C4CCC(CCCN5CCOCC5)CC4)c23)[nH]1. The third kappa shape index (κ3) is 3.46. The number of aromatic nitrogens is 5. The number of rotatable bonds is 5. The van der Waals surface area contributed by atoms with Crippen molar-refractivity contribution in [2.75, 3.05) is 32.8 Å². The van der Waals surface area contributed by atoms with E-state index in [9.17, 15) is 0 Å². The standard InChI is InChI=1S/C20H28N6O/c1(9-25-10-12-27-13-11-25)2-15-3-5-16(6-4-15)18-19-17-7-8-21-20(17)22-14-26(19)24-23-18/h7-8,14-16,21H,1-6,9-13H2. The zero-order valence-corrected chi connectivity index (χ0v) is 15.8. The Morgan fingerprint density at radius 2 is 2.00 bits per heavy atom. The third-order valence-corrected chi connectivity index (χ3v) is 6.42. The number of H-pyrrole nitrogens is 1. The highest BCUT2D eigenvalue weighted by Crippen LogP contribution is 2.39. The smallest absolute Gasteiger partial charge is 0.141 e. The molecule has 0 unspecified atom stereocenters. The van der Waals surface area contributed by atoms with Crippen LogP contribution in [0.4, 0.5) is 0 Å². The van der Waals surface area contributed by atoms with Crippen molar-refractivity contribution < 1.29 is 4.74 Å². The molecule has 0 aromatic carbocycles. The molecule has 1 saturated carbocycles. The van der Waals surface area contributed by atoms with E-state index in [1.165, 1.54) is 45.1 Å². The molecule has 3 aromatic heterocycles. The van der Waals surface area contributed by atoms with Gasteiger partial charge in [-0.25, -0.2) is 9.50 Å². The molecule has 144 valence electrons. The number of nitrogens with zero attached hydrogens (tertiary/aromatic N) is 5. The minimum atomic E-state index is 0.526. The average Bonchev–Trinajstić information content (AvgIpc) is 3.36. The molecule has 27 heavy (non-hydrogen) atoms. The normalized spacial score (nSPS) is 24.7. The van der Waals surface area contributed by atoms with Crippen molar-refractivity contribution in [1.29, 1.82) is 0 Å². The van der Waals surface area contributed by atoms with E-state index in [1.807, 2.05) is 10.7 Å². The molecule has 1 aliphatic carbocycles. The number of aromatic amines is 1. The molecule has 0 radical (unpaired) electrons. The molecule has 0 atom stereocenters. The minimum absolute atomic E-state index is 0.526. The van der Waals surface area contributed by atoms with Crippen LogP contribution < -0.4 is 0 Å². The number of morpholine rings is 1. The van der Waals surface area contributed by atoms with E-state index in [2.05, 4.69) is 31.2 Å². The van der Waals surface area contributed by atoms with Gasteiger partial charge in [0.1, 0.15) is 17.5 Å². The molecule has 1 saturated heterocycles. The molecule has 5 rings (SSSR count). The van der Waals surface area contributed by atoms with Gasteiger partial charge in [-0.15, -0.1) is 5.10 Å². The fourth-order valence-electron chi connectivity index (χ4n) is 4.85. The van der Waals surface area contributed by atoms with E-state index in [-0.39, 0.29) is 0 Å². The van der Waals surface area contributed by atoms with Gasteiger partial charge in [0.15, 0.2) is 0 Å². The molecule has 1 aliphatic heterocycles. The second-order valence-corrected chi connectivity index (χ2v) is 8.07. The van der Waals surface area contributed by atoms with Crippen molar-refractivity contribution in [3.05, 3.63) is 24.3 Å². The molecule has 7 nitrogen and oxygen atoms in total. The Hall–Kier alpha value is -1.99. The molecule has 1 N–H and O–H groups in total. The predicted octanol–water partition coefficient (Wildman–Crippen LogP) is 2.99. The number of fused-ring (bicyclic) bond motifs is 3. The summed E-state index contributed by atoms with van der Waals surface area (Å²) in [6, 6.07) is 2.09. The first-order valence-corrected chi connectivity index (χ1v) is 10.4. The lowest BCUT2D eigenvalue weighted by atomic mass is 9.78. The van der Waals surface area contributed by atoms with Crippen LogP contribution in [-0.2, 0) is 4.74 Å². The quantitative estimate of drug-likeness (QED) is 0.750. The molecule has 0 spiro atoms. The monoisotopic (exact) mass is 368 g/mol. The second kappa shape index (κ2) is 7.56. The van der Waals surface area contributed by atoms with Gasteiger partial charge in [0.25, 0.3) is 0 Å². The van der Waals surface area contributed by atoms with Crippen molar-refractivity contribution in [3.63, 3.8) is 0 Å². The summed E-state index contributed by atoms with van der Waals surface area (Å²) in [5.74, 6) is 1.40. The zero-order valence-electron chi connectivity index (χ0n) is 15.8. The van der Waals surface area contributed by atoms with E-state index in [0.29, 0.717) is 5.92 Å². The van der Waals surface area contributed by atoms with Gasteiger partial charge < -0.3 is 9.72 Å². The Morgan fingerprint density at radius 1 is 1.15 bits per heavy atom. The van der Waals surface area contributed by atoms with Crippen molar-refractivity contribution in [1.82, 2.24) is 29.7 Å². The Balaban J connectivity index is 1.19. The number of ether oxygens (including phenoxy) is 1. The van der Waals surface area contributed by atoms with Gasteiger partial charge in [-0.1, -0.05) is 5.21 Å². The van der Waals surface area contributed by atoms with Gasteiger partial charge >= 0.3 is 0 Å².